The molecule has 0 heterocycles. The van der Waals surface area contributed by atoms with Crippen LogP contribution in [0.4, 0.5) is 24.5 Å². The van der Waals surface area contributed by atoms with Gasteiger partial charge in [-0.2, -0.15) is 13.2 Å². The second-order valence-corrected chi connectivity index (χ2v) is 4.55. The molecular weight excluding hydrogens is 363 g/mol. The van der Waals surface area contributed by atoms with E-state index in [2.05, 4.69) is 5.16 Å². The molecule has 0 aliphatic rings. The third-order valence-corrected chi connectivity index (χ3v) is 2.79. The Morgan fingerprint density at radius 1 is 1.00 bits per heavy atom. The smallest absolute Gasteiger partial charge is 0.416 e. The van der Waals surface area contributed by atoms with Gasteiger partial charge in [-0.15, -0.1) is 0 Å². The van der Waals surface area contributed by atoms with Gasteiger partial charge in [-0.05, 0) is 12.1 Å². The standard InChI is InChI=1S/C7H3F3N2O4.C7H7NO2/c8-7(9,10)4-1-5(11(13)14)3-6(2-4)12(15)16;9-7-4-2-1-3-6(7)5-8-10/h1-3H;1-5,9-10H. The lowest BCUT2D eigenvalue weighted by atomic mass is 10.1. The molecule has 0 spiro atoms. The first-order chi connectivity index (χ1) is 12.1. The van der Waals surface area contributed by atoms with Gasteiger partial charge in [0.15, 0.2) is 0 Å². The molecule has 0 saturated carbocycles. The maximum absolute atomic E-state index is 12.2. The van der Waals surface area contributed by atoms with E-state index in [4.69, 9.17) is 10.3 Å². The van der Waals surface area contributed by atoms with E-state index in [9.17, 15) is 33.4 Å². The summed E-state index contributed by atoms with van der Waals surface area (Å²) in [5.74, 6) is 0.111. The van der Waals surface area contributed by atoms with Gasteiger partial charge in [0.25, 0.3) is 11.4 Å². The minimum Gasteiger partial charge on any atom is -0.507 e. The number of para-hydroxylation sites is 1. The van der Waals surface area contributed by atoms with Gasteiger partial charge >= 0.3 is 6.18 Å². The average molecular weight is 373 g/mol. The highest BCUT2D eigenvalue weighted by Crippen LogP contribution is 2.34. The summed E-state index contributed by atoms with van der Waals surface area (Å²) < 4.78 is 36.7. The highest BCUT2D eigenvalue weighted by Gasteiger charge is 2.34. The predicted octanol–water partition coefficient (Wildman–Crippen LogP) is 3.72. The van der Waals surface area contributed by atoms with Gasteiger partial charge in [-0.1, -0.05) is 17.3 Å². The molecule has 0 aliphatic carbocycles. The van der Waals surface area contributed by atoms with Crippen molar-refractivity contribution in [3.05, 3.63) is 73.8 Å². The molecule has 9 nitrogen and oxygen atoms in total. The Hall–Kier alpha value is -3.70. The van der Waals surface area contributed by atoms with Crippen LogP contribution in [-0.4, -0.2) is 26.4 Å². The molecule has 0 aromatic heterocycles. The predicted molar refractivity (Wildman–Crippen MR) is 82.2 cm³/mol. The number of hydrogen-bond donors (Lipinski definition) is 2. The SMILES string of the molecule is O=[N+]([O-])c1cc([N+](=O)[O-])cc(C(F)(F)F)c1.ON=Cc1ccccc1O. The maximum atomic E-state index is 12.2. The Bertz CT molecular complexity index is 807. The minimum atomic E-state index is -4.86. The first kappa shape index (κ1) is 20.3. The molecular formula is C14H10F3N3O6. The molecule has 0 aliphatic heterocycles. The van der Waals surface area contributed by atoms with Gasteiger partial charge in [-0.25, -0.2) is 0 Å². The molecule has 0 amide bonds. The zero-order chi connectivity index (χ0) is 19.9. The molecule has 0 radical (unpaired) electrons. The fourth-order valence-corrected chi connectivity index (χ4v) is 1.63. The Morgan fingerprint density at radius 3 is 1.88 bits per heavy atom. The summed E-state index contributed by atoms with van der Waals surface area (Å²) in [6.45, 7) is 0. The number of halogens is 3. The molecule has 0 saturated heterocycles. The number of nitro benzene ring substituents is 2. The van der Waals surface area contributed by atoms with Crippen LogP contribution < -0.4 is 0 Å². The highest BCUT2D eigenvalue weighted by molar-refractivity contribution is 5.82. The van der Waals surface area contributed by atoms with Crippen molar-refractivity contribution in [1.29, 1.82) is 0 Å². The molecule has 2 aromatic rings. The molecule has 2 aromatic carbocycles. The Kier molecular flexibility index (Phi) is 6.58. The van der Waals surface area contributed by atoms with Gasteiger partial charge in [0.1, 0.15) is 5.75 Å². The van der Waals surface area contributed by atoms with E-state index in [1.54, 1.807) is 18.2 Å². The molecule has 0 fully saturated rings. The molecule has 138 valence electrons. The van der Waals surface area contributed by atoms with Crippen LogP contribution in [0.3, 0.4) is 0 Å². The molecule has 2 N–H and O–H groups in total. The maximum Gasteiger partial charge on any atom is 0.416 e. The van der Waals surface area contributed by atoms with E-state index in [0.29, 0.717) is 11.6 Å². The number of nitro groups is 2. The normalized spacial score (nSPS) is 10.9. The zero-order valence-corrected chi connectivity index (χ0v) is 12.6. The number of non-ortho nitro benzene ring substituents is 2. The lowest BCUT2D eigenvalue weighted by Crippen LogP contribution is -2.06. The van der Waals surface area contributed by atoms with Crippen molar-refractivity contribution in [3.8, 4) is 5.75 Å². The van der Waals surface area contributed by atoms with E-state index in [-0.39, 0.29) is 17.9 Å². The lowest BCUT2D eigenvalue weighted by Gasteiger charge is -2.05. The molecule has 12 heteroatoms. The van der Waals surface area contributed by atoms with Crippen LogP contribution in [0.2, 0.25) is 0 Å². The van der Waals surface area contributed by atoms with Crippen LogP contribution >= 0.6 is 0 Å². The Labute approximate surface area is 142 Å². The molecule has 0 bridgehead atoms. The Morgan fingerprint density at radius 2 is 1.50 bits per heavy atom. The van der Waals surface area contributed by atoms with Crippen LogP contribution in [0.15, 0.2) is 47.6 Å². The minimum absolute atomic E-state index is 0.111. The van der Waals surface area contributed by atoms with Crippen molar-refractivity contribution >= 4 is 17.6 Å². The molecule has 2 rings (SSSR count). The lowest BCUT2D eigenvalue weighted by molar-refractivity contribution is -0.394. The number of oxime groups is 1. The third-order valence-electron chi connectivity index (χ3n) is 2.79. The van der Waals surface area contributed by atoms with Crippen molar-refractivity contribution in [2.45, 2.75) is 6.18 Å². The number of phenolic OH excluding ortho intramolecular Hbond substituents is 1. The topological polar surface area (TPSA) is 139 Å². The number of aromatic hydroxyl groups is 1. The first-order valence-electron chi connectivity index (χ1n) is 6.52. The summed E-state index contributed by atoms with van der Waals surface area (Å²) in [4.78, 5) is 18.3. The van der Waals surface area contributed by atoms with Crippen LogP contribution in [0.1, 0.15) is 11.1 Å². The quantitative estimate of drug-likeness (QED) is 0.364. The summed E-state index contributed by atoms with van der Waals surface area (Å²) in [6, 6.07) is 7.57. The van der Waals surface area contributed by atoms with E-state index in [1.165, 1.54) is 12.3 Å². The van der Waals surface area contributed by atoms with Gasteiger partial charge in [0, 0.05) is 17.7 Å². The van der Waals surface area contributed by atoms with Gasteiger partial charge < -0.3 is 10.3 Å². The third kappa shape index (κ3) is 5.74. The number of benzene rings is 2. The van der Waals surface area contributed by atoms with Crippen molar-refractivity contribution < 1.29 is 33.3 Å². The summed E-state index contributed by atoms with van der Waals surface area (Å²) in [5.41, 5.74) is -2.86. The second kappa shape index (κ2) is 8.41. The zero-order valence-electron chi connectivity index (χ0n) is 12.6. The van der Waals surface area contributed by atoms with Crippen LogP contribution in [0.5, 0.6) is 5.75 Å². The average Bonchev–Trinajstić information content (AvgIpc) is 2.56. The first-order valence-corrected chi connectivity index (χ1v) is 6.52. The summed E-state index contributed by atoms with van der Waals surface area (Å²) in [7, 11) is 0. The van der Waals surface area contributed by atoms with Gasteiger partial charge in [0.05, 0.1) is 27.7 Å². The fourth-order valence-electron chi connectivity index (χ4n) is 1.63. The number of nitrogens with zero attached hydrogens (tertiary/aromatic N) is 3. The van der Waals surface area contributed by atoms with Crippen molar-refractivity contribution in [2.75, 3.05) is 0 Å². The number of rotatable bonds is 3. The van der Waals surface area contributed by atoms with E-state index < -0.39 is 33.0 Å². The molecule has 26 heavy (non-hydrogen) atoms. The summed E-state index contributed by atoms with van der Waals surface area (Å²) >= 11 is 0. The highest BCUT2D eigenvalue weighted by atomic mass is 19.4. The summed E-state index contributed by atoms with van der Waals surface area (Å²) in [6.07, 6.45) is -3.69. The molecule has 0 atom stereocenters. The van der Waals surface area contributed by atoms with Crippen molar-refractivity contribution in [2.24, 2.45) is 5.16 Å². The van der Waals surface area contributed by atoms with E-state index >= 15 is 0 Å². The molecule has 0 unspecified atom stereocenters. The van der Waals surface area contributed by atoms with Gasteiger partial charge in [-0.3, -0.25) is 20.2 Å². The number of phenols is 1. The van der Waals surface area contributed by atoms with E-state index in [1.807, 2.05) is 0 Å². The van der Waals surface area contributed by atoms with Gasteiger partial charge in [0.2, 0.25) is 0 Å². The number of hydrogen-bond acceptors (Lipinski definition) is 7. The van der Waals surface area contributed by atoms with Crippen LogP contribution in [-0.2, 0) is 6.18 Å². The fraction of sp³-hybridized carbons (Fsp3) is 0.0714. The second-order valence-electron chi connectivity index (χ2n) is 4.55. The largest absolute Gasteiger partial charge is 0.507 e. The summed E-state index contributed by atoms with van der Waals surface area (Å²) in [5, 5.41) is 40.5. The monoisotopic (exact) mass is 373 g/mol. The van der Waals surface area contributed by atoms with Crippen molar-refractivity contribution in [1.82, 2.24) is 0 Å². The Balaban J connectivity index is 0.000000289. The van der Waals surface area contributed by atoms with Crippen LogP contribution in [0, 0.1) is 20.2 Å². The number of alkyl halides is 3. The van der Waals surface area contributed by atoms with E-state index in [0.717, 1.165) is 0 Å². The van der Waals surface area contributed by atoms with Crippen molar-refractivity contribution in [3.63, 3.8) is 0 Å². The van der Waals surface area contributed by atoms with Crippen LogP contribution in [0.25, 0.3) is 0 Å².